The van der Waals surface area contributed by atoms with E-state index in [9.17, 15) is 22.4 Å². The van der Waals surface area contributed by atoms with Crippen LogP contribution in [0.3, 0.4) is 0 Å². The maximum atomic E-state index is 13.0. The molecule has 0 aliphatic heterocycles. The van der Waals surface area contributed by atoms with Crippen LogP contribution in [0.25, 0.3) is 0 Å². The van der Waals surface area contributed by atoms with E-state index in [-0.39, 0.29) is 30.0 Å². The van der Waals surface area contributed by atoms with E-state index in [4.69, 9.17) is 5.73 Å². The van der Waals surface area contributed by atoms with Gasteiger partial charge in [0.05, 0.1) is 5.56 Å². The number of carbonyl (C=O) groups is 1. The van der Waals surface area contributed by atoms with Crippen molar-refractivity contribution in [2.24, 2.45) is 11.7 Å². The molecule has 1 aromatic rings. The third-order valence-electron chi connectivity index (χ3n) is 3.67. The molecule has 0 saturated heterocycles. The zero-order chi connectivity index (χ0) is 15.6. The van der Waals surface area contributed by atoms with Gasteiger partial charge in [-0.25, -0.2) is 4.39 Å². The van der Waals surface area contributed by atoms with Gasteiger partial charge in [-0.15, -0.1) is 0 Å². The molecule has 1 amide bonds. The van der Waals surface area contributed by atoms with Crippen molar-refractivity contribution < 1.29 is 22.4 Å². The molecule has 1 fully saturated rings. The number of hydrogen-bond donors (Lipinski definition) is 2. The van der Waals surface area contributed by atoms with Crippen molar-refractivity contribution in [1.82, 2.24) is 5.32 Å². The highest BCUT2D eigenvalue weighted by molar-refractivity contribution is 5.79. The van der Waals surface area contributed by atoms with Gasteiger partial charge in [-0.3, -0.25) is 4.79 Å². The zero-order valence-corrected chi connectivity index (χ0v) is 11.2. The van der Waals surface area contributed by atoms with Crippen LogP contribution in [-0.2, 0) is 17.5 Å². The summed E-state index contributed by atoms with van der Waals surface area (Å²) < 4.78 is 51.4. The van der Waals surface area contributed by atoms with E-state index < -0.39 is 17.6 Å². The van der Waals surface area contributed by atoms with Crippen molar-refractivity contribution in [2.45, 2.75) is 38.0 Å². The van der Waals surface area contributed by atoms with Crippen LogP contribution in [0.1, 0.15) is 30.4 Å². The van der Waals surface area contributed by atoms with Gasteiger partial charge < -0.3 is 11.1 Å². The Hall–Kier alpha value is -1.63. The fraction of sp³-hybridized carbons (Fsp3) is 0.500. The van der Waals surface area contributed by atoms with Crippen LogP contribution in [0.15, 0.2) is 18.2 Å². The molecular weight excluding hydrogens is 288 g/mol. The SMILES string of the molecule is NC1CCC(C(=O)NCc2ccc(F)cc2C(F)(F)F)C1. The molecule has 0 radical (unpaired) electrons. The summed E-state index contributed by atoms with van der Waals surface area (Å²) in [7, 11) is 0. The predicted octanol–water partition coefficient (Wildman–Crippen LogP) is 2.59. The normalized spacial score (nSPS) is 22.3. The monoisotopic (exact) mass is 304 g/mol. The summed E-state index contributed by atoms with van der Waals surface area (Å²) in [6.45, 7) is -0.278. The molecule has 21 heavy (non-hydrogen) atoms. The number of halogens is 4. The molecule has 0 spiro atoms. The number of nitrogens with one attached hydrogen (secondary N) is 1. The Morgan fingerprint density at radius 3 is 2.62 bits per heavy atom. The Bertz CT molecular complexity index is 530. The third-order valence-corrected chi connectivity index (χ3v) is 3.67. The Kier molecular flexibility index (Phi) is 4.51. The molecule has 116 valence electrons. The predicted molar refractivity (Wildman–Crippen MR) is 68.6 cm³/mol. The highest BCUT2D eigenvalue weighted by Crippen LogP contribution is 2.32. The molecule has 2 atom stereocenters. The van der Waals surface area contributed by atoms with Crippen molar-refractivity contribution in [3.05, 3.63) is 35.1 Å². The largest absolute Gasteiger partial charge is 0.416 e. The lowest BCUT2D eigenvalue weighted by molar-refractivity contribution is -0.138. The van der Waals surface area contributed by atoms with Gasteiger partial charge in [0.15, 0.2) is 0 Å². The molecular formula is C14H16F4N2O. The molecule has 7 heteroatoms. The topological polar surface area (TPSA) is 55.1 Å². The summed E-state index contributed by atoms with van der Waals surface area (Å²) in [5.74, 6) is -1.52. The summed E-state index contributed by atoms with van der Waals surface area (Å²) in [6, 6.07) is 2.39. The molecule has 3 N–H and O–H groups in total. The minimum atomic E-state index is -4.65. The lowest BCUT2D eigenvalue weighted by atomic mass is 10.0. The smallest absolute Gasteiger partial charge is 0.352 e. The van der Waals surface area contributed by atoms with Crippen LogP contribution < -0.4 is 11.1 Å². The number of carbonyl (C=O) groups excluding carboxylic acids is 1. The first-order chi connectivity index (χ1) is 9.77. The molecule has 1 aliphatic carbocycles. The van der Waals surface area contributed by atoms with Gasteiger partial charge >= 0.3 is 6.18 Å². The van der Waals surface area contributed by atoms with E-state index >= 15 is 0 Å². The van der Waals surface area contributed by atoms with Crippen molar-refractivity contribution in [2.75, 3.05) is 0 Å². The first-order valence-corrected chi connectivity index (χ1v) is 6.66. The highest BCUT2D eigenvalue weighted by atomic mass is 19.4. The zero-order valence-electron chi connectivity index (χ0n) is 11.2. The molecule has 1 saturated carbocycles. The van der Waals surface area contributed by atoms with Crippen LogP contribution in [0.4, 0.5) is 17.6 Å². The lowest BCUT2D eigenvalue weighted by Gasteiger charge is -2.15. The number of nitrogens with two attached hydrogens (primary N) is 1. The standard InChI is InChI=1S/C14H16F4N2O/c15-10-3-1-9(12(6-10)14(16,17)18)7-20-13(21)8-2-4-11(19)5-8/h1,3,6,8,11H,2,4-5,7,19H2,(H,20,21). The minimum Gasteiger partial charge on any atom is -0.352 e. The van der Waals surface area contributed by atoms with Gasteiger partial charge in [-0.1, -0.05) is 6.07 Å². The van der Waals surface area contributed by atoms with Crippen LogP contribution in [0, 0.1) is 11.7 Å². The molecule has 1 aliphatic rings. The second-order valence-electron chi connectivity index (χ2n) is 5.29. The molecule has 0 heterocycles. The Labute approximate surface area is 119 Å². The Balaban J connectivity index is 2.05. The van der Waals surface area contributed by atoms with E-state index in [2.05, 4.69) is 5.32 Å². The maximum absolute atomic E-state index is 13.0. The van der Waals surface area contributed by atoms with E-state index in [0.29, 0.717) is 18.9 Å². The van der Waals surface area contributed by atoms with Crippen molar-refractivity contribution in [1.29, 1.82) is 0 Å². The van der Waals surface area contributed by atoms with Gasteiger partial charge in [0.25, 0.3) is 0 Å². The fourth-order valence-corrected chi connectivity index (χ4v) is 2.55. The van der Waals surface area contributed by atoms with Gasteiger partial charge in [0, 0.05) is 18.5 Å². The number of hydrogen-bond acceptors (Lipinski definition) is 2. The van der Waals surface area contributed by atoms with Gasteiger partial charge in [0.2, 0.25) is 5.91 Å². The average Bonchev–Trinajstić information content (AvgIpc) is 2.82. The number of benzene rings is 1. The van der Waals surface area contributed by atoms with E-state index in [1.165, 1.54) is 0 Å². The van der Waals surface area contributed by atoms with Crippen molar-refractivity contribution in [3.63, 3.8) is 0 Å². The van der Waals surface area contributed by atoms with Crippen LogP contribution in [-0.4, -0.2) is 11.9 Å². The first-order valence-electron chi connectivity index (χ1n) is 6.66. The van der Waals surface area contributed by atoms with E-state index in [0.717, 1.165) is 18.6 Å². The Morgan fingerprint density at radius 2 is 2.05 bits per heavy atom. The van der Waals surface area contributed by atoms with Gasteiger partial charge in [-0.2, -0.15) is 13.2 Å². The summed E-state index contributed by atoms with van der Waals surface area (Å²) in [5, 5.41) is 2.48. The second-order valence-corrected chi connectivity index (χ2v) is 5.29. The number of amides is 1. The average molecular weight is 304 g/mol. The summed E-state index contributed by atoms with van der Waals surface area (Å²) in [6.07, 6.45) is -2.73. The van der Waals surface area contributed by atoms with Crippen LogP contribution in [0.2, 0.25) is 0 Å². The fourth-order valence-electron chi connectivity index (χ4n) is 2.55. The minimum absolute atomic E-state index is 0.0303. The van der Waals surface area contributed by atoms with Gasteiger partial charge in [0.1, 0.15) is 5.82 Å². The van der Waals surface area contributed by atoms with E-state index in [1.54, 1.807) is 0 Å². The summed E-state index contributed by atoms with van der Waals surface area (Å²) in [5.41, 5.74) is 4.48. The number of alkyl halides is 3. The summed E-state index contributed by atoms with van der Waals surface area (Å²) >= 11 is 0. The lowest BCUT2D eigenvalue weighted by Crippen LogP contribution is -2.30. The second kappa shape index (κ2) is 6.01. The summed E-state index contributed by atoms with van der Waals surface area (Å²) in [4.78, 5) is 11.9. The number of rotatable bonds is 3. The molecule has 1 aromatic carbocycles. The molecule has 0 bridgehead atoms. The quantitative estimate of drug-likeness (QED) is 0.843. The Morgan fingerprint density at radius 1 is 1.33 bits per heavy atom. The van der Waals surface area contributed by atoms with Crippen molar-refractivity contribution in [3.8, 4) is 0 Å². The molecule has 3 nitrogen and oxygen atoms in total. The molecule has 0 aromatic heterocycles. The van der Waals surface area contributed by atoms with Gasteiger partial charge in [-0.05, 0) is 37.0 Å². The van der Waals surface area contributed by atoms with Crippen LogP contribution >= 0.6 is 0 Å². The van der Waals surface area contributed by atoms with Crippen LogP contribution in [0.5, 0.6) is 0 Å². The maximum Gasteiger partial charge on any atom is 0.416 e. The highest BCUT2D eigenvalue weighted by Gasteiger charge is 2.34. The van der Waals surface area contributed by atoms with E-state index in [1.807, 2.05) is 0 Å². The third kappa shape index (κ3) is 3.93. The van der Waals surface area contributed by atoms with Crippen molar-refractivity contribution >= 4 is 5.91 Å². The molecule has 2 rings (SSSR count). The first kappa shape index (κ1) is 15.8. The molecule has 2 unspecified atom stereocenters.